The van der Waals surface area contributed by atoms with Crippen molar-refractivity contribution in [2.75, 3.05) is 6.54 Å². The van der Waals surface area contributed by atoms with Crippen LogP contribution in [0.5, 0.6) is 0 Å². The Morgan fingerprint density at radius 3 is 2.52 bits per heavy atom. The van der Waals surface area contributed by atoms with E-state index in [1.54, 1.807) is 0 Å². The minimum atomic E-state index is 0.526. The molecule has 1 N–H and O–H groups in total. The SMILES string of the molecule is CCCNCc1oc2c(C)ccc(C(C)C)c2c1CCC. The lowest BCUT2D eigenvalue weighted by Crippen LogP contribution is -2.14. The van der Waals surface area contributed by atoms with Crippen molar-refractivity contribution in [3.05, 3.63) is 34.6 Å². The molecule has 0 radical (unpaired) electrons. The van der Waals surface area contributed by atoms with E-state index in [0.29, 0.717) is 5.92 Å². The van der Waals surface area contributed by atoms with Crippen molar-refractivity contribution in [1.29, 1.82) is 0 Å². The second-order valence-electron chi connectivity index (χ2n) is 6.26. The van der Waals surface area contributed by atoms with Gasteiger partial charge < -0.3 is 9.73 Å². The molecule has 1 aromatic heterocycles. The lowest BCUT2D eigenvalue weighted by molar-refractivity contribution is 0.505. The average molecular weight is 287 g/mol. The molecule has 0 amide bonds. The van der Waals surface area contributed by atoms with Crippen LogP contribution in [-0.2, 0) is 13.0 Å². The van der Waals surface area contributed by atoms with Crippen LogP contribution in [0.1, 0.15) is 68.9 Å². The summed E-state index contributed by atoms with van der Waals surface area (Å²) in [6, 6.07) is 4.47. The smallest absolute Gasteiger partial charge is 0.137 e. The van der Waals surface area contributed by atoms with Gasteiger partial charge in [0.25, 0.3) is 0 Å². The highest BCUT2D eigenvalue weighted by Gasteiger charge is 2.19. The minimum Gasteiger partial charge on any atom is -0.459 e. The number of aryl methyl sites for hydroxylation is 2. The van der Waals surface area contributed by atoms with E-state index in [0.717, 1.165) is 43.7 Å². The molecular formula is C19H29NO. The van der Waals surface area contributed by atoms with Gasteiger partial charge in [-0.05, 0) is 43.4 Å². The summed E-state index contributed by atoms with van der Waals surface area (Å²) in [4.78, 5) is 0. The van der Waals surface area contributed by atoms with E-state index >= 15 is 0 Å². The molecular weight excluding hydrogens is 258 g/mol. The maximum atomic E-state index is 6.26. The van der Waals surface area contributed by atoms with Gasteiger partial charge in [0.2, 0.25) is 0 Å². The quantitative estimate of drug-likeness (QED) is 0.697. The topological polar surface area (TPSA) is 25.2 Å². The predicted octanol–water partition coefficient (Wildman–Crippen LogP) is 5.32. The van der Waals surface area contributed by atoms with Gasteiger partial charge in [0, 0.05) is 10.9 Å². The van der Waals surface area contributed by atoms with Crippen LogP contribution in [0, 0.1) is 6.92 Å². The summed E-state index contributed by atoms with van der Waals surface area (Å²) in [5, 5.41) is 4.86. The number of hydrogen-bond acceptors (Lipinski definition) is 2. The molecule has 0 aliphatic heterocycles. The highest BCUT2D eigenvalue weighted by Crippen LogP contribution is 2.35. The predicted molar refractivity (Wildman–Crippen MR) is 91.0 cm³/mol. The third kappa shape index (κ3) is 3.32. The third-order valence-electron chi connectivity index (χ3n) is 4.08. The molecule has 1 aromatic carbocycles. The number of fused-ring (bicyclic) bond motifs is 1. The largest absolute Gasteiger partial charge is 0.459 e. The zero-order valence-electron chi connectivity index (χ0n) is 14.2. The minimum absolute atomic E-state index is 0.526. The summed E-state index contributed by atoms with van der Waals surface area (Å²) < 4.78 is 6.26. The maximum Gasteiger partial charge on any atom is 0.137 e. The van der Waals surface area contributed by atoms with Crippen LogP contribution in [-0.4, -0.2) is 6.54 Å². The van der Waals surface area contributed by atoms with E-state index in [1.807, 2.05) is 0 Å². The van der Waals surface area contributed by atoms with Gasteiger partial charge in [-0.3, -0.25) is 0 Å². The van der Waals surface area contributed by atoms with E-state index in [-0.39, 0.29) is 0 Å². The fourth-order valence-electron chi connectivity index (χ4n) is 2.99. The van der Waals surface area contributed by atoms with Crippen molar-refractivity contribution < 1.29 is 4.42 Å². The van der Waals surface area contributed by atoms with Crippen LogP contribution >= 0.6 is 0 Å². The van der Waals surface area contributed by atoms with Crippen molar-refractivity contribution in [1.82, 2.24) is 5.32 Å². The zero-order valence-corrected chi connectivity index (χ0v) is 14.2. The van der Waals surface area contributed by atoms with Crippen molar-refractivity contribution in [2.24, 2.45) is 0 Å². The zero-order chi connectivity index (χ0) is 15.4. The van der Waals surface area contributed by atoms with Crippen LogP contribution in [0.3, 0.4) is 0 Å². The summed E-state index contributed by atoms with van der Waals surface area (Å²) in [5.41, 5.74) is 5.18. The number of rotatable bonds is 7. The summed E-state index contributed by atoms with van der Waals surface area (Å²) in [7, 11) is 0. The molecule has 0 atom stereocenters. The van der Waals surface area contributed by atoms with Crippen molar-refractivity contribution in [3.63, 3.8) is 0 Å². The maximum absolute atomic E-state index is 6.26. The second kappa shape index (κ2) is 7.13. The van der Waals surface area contributed by atoms with Crippen molar-refractivity contribution in [3.8, 4) is 0 Å². The van der Waals surface area contributed by atoms with Gasteiger partial charge in [0.05, 0.1) is 6.54 Å². The van der Waals surface area contributed by atoms with Crippen molar-refractivity contribution >= 4 is 11.0 Å². The number of nitrogens with one attached hydrogen (secondary N) is 1. The van der Waals surface area contributed by atoms with Crippen LogP contribution in [0.2, 0.25) is 0 Å². The Hall–Kier alpha value is -1.28. The molecule has 116 valence electrons. The number of furan rings is 1. The van der Waals surface area contributed by atoms with E-state index in [2.05, 4.69) is 52.1 Å². The van der Waals surface area contributed by atoms with E-state index in [4.69, 9.17) is 4.42 Å². The molecule has 2 heteroatoms. The molecule has 0 aliphatic carbocycles. The van der Waals surface area contributed by atoms with E-state index < -0.39 is 0 Å². The van der Waals surface area contributed by atoms with E-state index in [9.17, 15) is 0 Å². The first-order valence-electron chi connectivity index (χ1n) is 8.34. The van der Waals surface area contributed by atoms with Crippen LogP contribution in [0.25, 0.3) is 11.0 Å². The van der Waals surface area contributed by atoms with Crippen LogP contribution in [0.4, 0.5) is 0 Å². The lowest BCUT2D eigenvalue weighted by Gasteiger charge is -2.10. The highest BCUT2D eigenvalue weighted by atomic mass is 16.3. The first-order chi connectivity index (χ1) is 10.1. The molecule has 2 rings (SSSR count). The highest BCUT2D eigenvalue weighted by molar-refractivity contribution is 5.88. The Kier molecular flexibility index (Phi) is 5.46. The van der Waals surface area contributed by atoms with Gasteiger partial charge in [-0.2, -0.15) is 0 Å². The second-order valence-corrected chi connectivity index (χ2v) is 6.26. The molecule has 0 fully saturated rings. The van der Waals surface area contributed by atoms with Crippen LogP contribution in [0.15, 0.2) is 16.5 Å². The molecule has 21 heavy (non-hydrogen) atoms. The Labute approximate surface area is 128 Å². The van der Waals surface area contributed by atoms with Crippen molar-refractivity contribution in [2.45, 2.75) is 66.3 Å². The summed E-state index contributed by atoms with van der Waals surface area (Å²) in [6.07, 6.45) is 3.40. The summed E-state index contributed by atoms with van der Waals surface area (Å²) in [6.45, 7) is 13.0. The molecule has 2 nitrogen and oxygen atoms in total. The fraction of sp³-hybridized carbons (Fsp3) is 0.579. The Balaban J connectivity index is 2.56. The Morgan fingerprint density at radius 2 is 1.90 bits per heavy atom. The fourth-order valence-corrected chi connectivity index (χ4v) is 2.99. The molecule has 0 aliphatic rings. The first-order valence-corrected chi connectivity index (χ1v) is 8.34. The monoisotopic (exact) mass is 287 g/mol. The molecule has 0 unspecified atom stereocenters. The normalized spacial score (nSPS) is 11.7. The Bertz CT molecular complexity index is 595. The standard InChI is InChI=1S/C19H29NO/c1-6-8-16-17(12-20-11-7-2)21-19-14(5)9-10-15(13(3)4)18(16)19/h9-10,13,20H,6-8,11-12H2,1-5H3. The van der Waals surface area contributed by atoms with Gasteiger partial charge in [0.1, 0.15) is 11.3 Å². The van der Waals surface area contributed by atoms with Gasteiger partial charge in [-0.1, -0.05) is 46.2 Å². The van der Waals surface area contributed by atoms with Gasteiger partial charge in [-0.25, -0.2) is 0 Å². The van der Waals surface area contributed by atoms with Crippen LogP contribution < -0.4 is 5.32 Å². The third-order valence-corrected chi connectivity index (χ3v) is 4.08. The Morgan fingerprint density at radius 1 is 1.14 bits per heavy atom. The number of benzene rings is 1. The molecule has 2 aromatic rings. The average Bonchev–Trinajstić information content (AvgIpc) is 2.80. The van der Waals surface area contributed by atoms with Gasteiger partial charge >= 0.3 is 0 Å². The molecule has 0 saturated carbocycles. The molecule has 0 spiro atoms. The van der Waals surface area contributed by atoms with Gasteiger partial charge in [-0.15, -0.1) is 0 Å². The number of hydrogen-bond donors (Lipinski definition) is 1. The molecule has 0 bridgehead atoms. The lowest BCUT2D eigenvalue weighted by atomic mass is 9.93. The molecule has 0 saturated heterocycles. The van der Waals surface area contributed by atoms with Gasteiger partial charge in [0.15, 0.2) is 0 Å². The summed E-state index contributed by atoms with van der Waals surface area (Å²) in [5.74, 6) is 1.66. The van der Waals surface area contributed by atoms with E-state index in [1.165, 1.54) is 22.1 Å². The summed E-state index contributed by atoms with van der Waals surface area (Å²) >= 11 is 0. The first kappa shape index (κ1) is 16.1. The molecule has 1 heterocycles.